The highest BCUT2D eigenvalue weighted by Gasteiger charge is 2.22. The summed E-state index contributed by atoms with van der Waals surface area (Å²) in [5, 5.41) is 6.85. The van der Waals surface area contributed by atoms with Gasteiger partial charge in [0.2, 0.25) is 5.91 Å². The van der Waals surface area contributed by atoms with E-state index >= 15 is 0 Å². The van der Waals surface area contributed by atoms with Crippen molar-refractivity contribution < 1.29 is 13.9 Å². The fourth-order valence-electron chi connectivity index (χ4n) is 4.49. The van der Waals surface area contributed by atoms with Crippen LogP contribution in [0.3, 0.4) is 0 Å². The molecule has 1 atom stereocenters. The highest BCUT2D eigenvalue weighted by atomic mass is 35.5. The second kappa shape index (κ2) is 10.8. The summed E-state index contributed by atoms with van der Waals surface area (Å²) in [7, 11) is 0. The van der Waals surface area contributed by atoms with Crippen LogP contribution in [-0.2, 0) is 4.79 Å². The van der Waals surface area contributed by atoms with Gasteiger partial charge in [0.05, 0.1) is 22.3 Å². The molecule has 2 heterocycles. The van der Waals surface area contributed by atoms with E-state index in [1.165, 1.54) is 31.3 Å². The Morgan fingerprint density at radius 3 is 2.81 bits per heavy atom. The number of hydrogen-bond acceptors (Lipinski definition) is 6. The third kappa shape index (κ3) is 5.60. The molecule has 7 nitrogen and oxygen atoms in total. The zero-order valence-electron chi connectivity index (χ0n) is 20.1. The largest absolute Gasteiger partial charge is 0.488 e. The number of fused-ring (bicyclic) bond motifs is 1. The summed E-state index contributed by atoms with van der Waals surface area (Å²) in [6, 6.07) is 8.54. The van der Waals surface area contributed by atoms with E-state index in [1.807, 2.05) is 18.2 Å². The number of nitrogens with one attached hydrogen (secondary N) is 2. The van der Waals surface area contributed by atoms with E-state index in [2.05, 4.69) is 32.4 Å². The van der Waals surface area contributed by atoms with Gasteiger partial charge >= 0.3 is 0 Å². The highest BCUT2D eigenvalue weighted by molar-refractivity contribution is 6.31. The predicted molar refractivity (Wildman–Crippen MR) is 141 cm³/mol. The molecule has 2 N–H and O–H groups in total. The lowest BCUT2D eigenvalue weighted by Crippen LogP contribution is -2.27. The lowest BCUT2D eigenvalue weighted by molar-refractivity contribution is -0.111. The number of benzene rings is 2. The predicted octanol–water partition coefficient (Wildman–Crippen LogP) is 6.08. The fraction of sp³-hybridized carbons (Fsp3) is 0.370. The highest BCUT2D eigenvalue weighted by Crippen LogP contribution is 2.36. The van der Waals surface area contributed by atoms with Crippen molar-refractivity contribution in [3.05, 3.63) is 59.7 Å². The normalized spacial score (nSPS) is 18.5. The van der Waals surface area contributed by atoms with Crippen molar-refractivity contribution in [3.8, 4) is 5.75 Å². The molecule has 2 fully saturated rings. The number of halogens is 2. The van der Waals surface area contributed by atoms with Gasteiger partial charge in [-0.3, -0.25) is 9.69 Å². The van der Waals surface area contributed by atoms with Gasteiger partial charge in [-0.05, 0) is 69.8 Å². The quantitative estimate of drug-likeness (QED) is 0.358. The van der Waals surface area contributed by atoms with E-state index < -0.39 is 5.82 Å². The number of ether oxygens (including phenoxy) is 1. The van der Waals surface area contributed by atoms with Crippen molar-refractivity contribution in [3.63, 3.8) is 0 Å². The minimum Gasteiger partial charge on any atom is -0.488 e. The van der Waals surface area contributed by atoms with Gasteiger partial charge in [-0.2, -0.15) is 0 Å². The van der Waals surface area contributed by atoms with E-state index in [-0.39, 0.29) is 17.0 Å². The third-order valence-corrected chi connectivity index (χ3v) is 7.11. The summed E-state index contributed by atoms with van der Waals surface area (Å²) in [4.78, 5) is 23.9. The molecule has 188 valence electrons. The maximum Gasteiger partial charge on any atom is 0.248 e. The third-order valence-electron chi connectivity index (χ3n) is 6.82. The molecule has 9 heteroatoms. The van der Waals surface area contributed by atoms with Gasteiger partial charge in [-0.15, -0.1) is 0 Å². The standard InChI is InChI=1S/C27H29ClFN5O2/c1-17-5-3-11-34(17)12-4-8-26(35)33-24-14-20-23(15-25(24)36-19-6-2-7-19)30-16-31-27(20)32-18-9-10-22(29)21(28)13-18/h4,8-10,13-17,19H,2-3,5-7,11-12H2,1H3,(H,33,35)(H,30,31,32)/b8-4+. The van der Waals surface area contributed by atoms with Gasteiger partial charge in [0.1, 0.15) is 23.7 Å². The first-order chi connectivity index (χ1) is 17.5. The van der Waals surface area contributed by atoms with Crippen LogP contribution >= 0.6 is 11.6 Å². The molecule has 1 unspecified atom stereocenters. The number of nitrogens with zero attached hydrogens (tertiary/aromatic N) is 3. The van der Waals surface area contributed by atoms with Crippen molar-refractivity contribution in [2.45, 2.75) is 51.2 Å². The molecule has 3 aromatic rings. The minimum atomic E-state index is -0.496. The molecule has 1 amide bonds. The van der Waals surface area contributed by atoms with Crippen LogP contribution < -0.4 is 15.4 Å². The summed E-state index contributed by atoms with van der Waals surface area (Å²) < 4.78 is 19.8. The van der Waals surface area contributed by atoms with Crippen molar-refractivity contribution in [1.82, 2.24) is 14.9 Å². The molecule has 1 aromatic heterocycles. The monoisotopic (exact) mass is 509 g/mol. The Morgan fingerprint density at radius 1 is 1.22 bits per heavy atom. The molecule has 0 spiro atoms. The van der Waals surface area contributed by atoms with E-state index in [0.29, 0.717) is 39.9 Å². The SMILES string of the molecule is CC1CCCN1C/C=C/C(=O)Nc1cc2c(Nc3ccc(F)c(Cl)c3)ncnc2cc1OC1CCC1. The molecule has 1 aliphatic heterocycles. The number of aromatic nitrogens is 2. The smallest absolute Gasteiger partial charge is 0.248 e. The number of carbonyl (C=O) groups is 1. The molecule has 2 aromatic carbocycles. The Labute approximate surface area is 214 Å². The fourth-order valence-corrected chi connectivity index (χ4v) is 4.67. The number of carbonyl (C=O) groups excluding carboxylic acids is 1. The first kappa shape index (κ1) is 24.5. The molecular weight excluding hydrogens is 481 g/mol. The molecule has 5 rings (SSSR count). The Hall–Kier alpha value is -3.23. The first-order valence-electron chi connectivity index (χ1n) is 12.4. The van der Waals surface area contributed by atoms with Crippen molar-refractivity contribution in [2.24, 2.45) is 0 Å². The van der Waals surface area contributed by atoms with Crippen molar-refractivity contribution in [2.75, 3.05) is 23.7 Å². The molecule has 2 aliphatic rings. The van der Waals surface area contributed by atoms with Crippen LogP contribution in [0.1, 0.15) is 39.0 Å². The summed E-state index contributed by atoms with van der Waals surface area (Å²) in [5.74, 6) is 0.365. The molecule has 36 heavy (non-hydrogen) atoms. The lowest BCUT2D eigenvalue weighted by atomic mass is 9.96. The van der Waals surface area contributed by atoms with Gasteiger partial charge in [0.15, 0.2) is 0 Å². The average Bonchev–Trinajstić information content (AvgIpc) is 3.24. The second-order valence-electron chi connectivity index (χ2n) is 9.39. The molecule has 1 saturated heterocycles. The van der Waals surface area contributed by atoms with Crippen LogP contribution in [-0.4, -0.2) is 46.0 Å². The van der Waals surface area contributed by atoms with Crippen LogP contribution in [0, 0.1) is 5.82 Å². The van der Waals surface area contributed by atoms with E-state index in [4.69, 9.17) is 16.3 Å². The maximum atomic E-state index is 13.6. The topological polar surface area (TPSA) is 79.4 Å². The maximum absolute atomic E-state index is 13.6. The van der Waals surface area contributed by atoms with Crippen molar-refractivity contribution in [1.29, 1.82) is 0 Å². The van der Waals surface area contributed by atoms with Crippen LogP contribution in [0.25, 0.3) is 10.9 Å². The van der Waals surface area contributed by atoms with Gasteiger partial charge in [0.25, 0.3) is 0 Å². The van der Waals surface area contributed by atoms with E-state index in [9.17, 15) is 9.18 Å². The molecular formula is C27H29ClFN5O2. The number of rotatable bonds is 8. The molecule has 1 aliphatic carbocycles. The van der Waals surface area contributed by atoms with Gasteiger partial charge < -0.3 is 15.4 Å². The molecule has 0 bridgehead atoms. The summed E-state index contributed by atoms with van der Waals surface area (Å²) in [6.45, 7) is 4.03. The zero-order chi connectivity index (χ0) is 25.1. The first-order valence-corrected chi connectivity index (χ1v) is 12.7. The van der Waals surface area contributed by atoms with Crippen molar-refractivity contribution >= 4 is 45.6 Å². The molecule has 1 saturated carbocycles. The van der Waals surface area contributed by atoms with Crippen LogP contribution in [0.15, 0.2) is 48.8 Å². The number of anilines is 3. The van der Waals surface area contributed by atoms with Gasteiger partial charge in [0, 0.05) is 35.8 Å². The zero-order valence-corrected chi connectivity index (χ0v) is 20.9. The van der Waals surface area contributed by atoms with Gasteiger partial charge in [-0.1, -0.05) is 17.7 Å². The molecule has 0 radical (unpaired) electrons. The second-order valence-corrected chi connectivity index (χ2v) is 9.80. The Morgan fingerprint density at radius 2 is 2.08 bits per heavy atom. The minimum absolute atomic E-state index is 0.0117. The number of hydrogen-bond donors (Lipinski definition) is 2. The Kier molecular flexibility index (Phi) is 7.34. The lowest BCUT2D eigenvalue weighted by Gasteiger charge is -2.27. The van der Waals surface area contributed by atoms with Gasteiger partial charge in [-0.25, -0.2) is 14.4 Å². The number of likely N-dealkylation sites (tertiary alicyclic amines) is 1. The van der Waals surface area contributed by atoms with Crippen LogP contribution in [0.4, 0.5) is 21.6 Å². The van der Waals surface area contributed by atoms with E-state index in [0.717, 1.165) is 32.4 Å². The summed E-state index contributed by atoms with van der Waals surface area (Å²) in [6.07, 6.45) is 10.6. The Bertz CT molecular complexity index is 1300. The summed E-state index contributed by atoms with van der Waals surface area (Å²) in [5.41, 5.74) is 1.79. The Balaban J connectivity index is 1.41. The summed E-state index contributed by atoms with van der Waals surface area (Å²) >= 11 is 5.94. The average molecular weight is 510 g/mol. The van der Waals surface area contributed by atoms with Crippen LogP contribution in [0.2, 0.25) is 5.02 Å². The number of amides is 1. The van der Waals surface area contributed by atoms with Crippen LogP contribution in [0.5, 0.6) is 5.75 Å². The van der Waals surface area contributed by atoms with E-state index in [1.54, 1.807) is 12.1 Å².